The summed E-state index contributed by atoms with van der Waals surface area (Å²) >= 11 is 3.44. The van der Waals surface area contributed by atoms with E-state index in [1.807, 2.05) is 18.2 Å². The zero-order chi connectivity index (χ0) is 21.3. The fourth-order valence-electron chi connectivity index (χ4n) is 3.46. The van der Waals surface area contributed by atoms with Crippen LogP contribution < -0.4 is 9.64 Å². The van der Waals surface area contributed by atoms with E-state index in [1.54, 1.807) is 61.8 Å². The van der Waals surface area contributed by atoms with Gasteiger partial charge in [0.2, 0.25) is 0 Å². The summed E-state index contributed by atoms with van der Waals surface area (Å²) in [6.45, 7) is 0. The van der Waals surface area contributed by atoms with Crippen LogP contribution in [-0.2, 0) is 9.59 Å². The fraction of sp³-hybridized carbons (Fsp3) is 0.0870. The molecular weight excluding hydrogens is 448 g/mol. The van der Waals surface area contributed by atoms with Crippen LogP contribution in [-0.4, -0.2) is 28.9 Å². The topological polar surface area (TPSA) is 79.7 Å². The minimum atomic E-state index is -0.820. The fourth-order valence-corrected chi connectivity index (χ4v) is 3.88. The molecule has 4 rings (SSSR count). The van der Waals surface area contributed by atoms with Crippen molar-refractivity contribution in [2.75, 3.05) is 12.0 Å². The van der Waals surface area contributed by atoms with E-state index in [0.717, 1.165) is 4.47 Å². The largest absolute Gasteiger partial charge is 0.507 e. The van der Waals surface area contributed by atoms with Crippen LogP contribution in [0.5, 0.6) is 5.75 Å². The smallest absolute Gasteiger partial charge is 0.301 e. The van der Waals surface area contributed by atoms with E-state index in [4.69, 9.17) is 4.74 Å². The lowest BCUT2D eigenvalue weighted by atomic mass is 9.95. The van der Waals surface area contributed by atoms with Gasteiger partial charge in [-0.05, 0) is 54.1 Å². The van der Waals surface area contributed by atoms with Crippen LogP contribution in [0.4, 0.5) is 5.82 Å². The molecule has 0 saturated carbocycles. The van der Waals surface area contributed by atoms with Gasteiger partial charge in [0, 0.05) is 16.2 Å². The number of methoxy groups -OCH3 is 1. The first-order valence-corrected chi connectivity index (χ1v) is 9.92. The maximum absolute atomic E-state index is 13.0. The number of aliphatic hydroxyl groups excluding tert-OH is 1. The zero-order valence-electron chi connectivity index (χ0n) is 15.9. The lowest BCUT2D eigenvalue weighted by Gasteiger charge is -2.24. The van der Waals surface area contributed by atoms with Gasteiger partial charge in [-0.15, -0.1) is 0 Å². The number of nitrogens with zero attached hydrogens (tertiary/aromatic N) is 2. The second-order valence-electron chi connectivity index (χ2n) is 6.64. The molecule has 0 radical (unpaired) electrons. The van der Waals surface area contributed by atoms with Crippen molar-refractivity contribution < 1.29 is 19.4 Å². The molecule has 2 heterocycles. The molecule has 1 saturated heterocycles. The van der Waals surface area contributed by atoms with Crippen molar-refractivity contribution in [3.05, 3.63) is 94.1 Å². The quantitative estimate of drug-likeness (QED) is 0.349. The Kier molecular flexibility index (Phi) is 5.37. The molecule has 1 aliphatic rings. The molecule has 0 bridgehead atoms. The molecule has 1 aromatic heterocycles. The van der Waals surface area contributed by atoms with Gasteiger partial charge >= 0.3 is 5.91 Å². The molecule has 1 atom stereocenters. The van der Waals surface area contributed by atoms with Crippen LogP contribution in [0, 0.1) is 0 Å². The van der Waals surface area contributed by atoms with Crippen molar-refractivity contribution in [1.29, 1.82) is 0 Å². The summed E-state index contributed by atoms with van der Waals surface area (Å²) in [4.78, 5) is 31.6. The van der Waals surface area contributed by atoms with Gasteiger partial charge in [0.15, 0.2) is 0 Å². The summed E-state index contributed by atoms with van der Waals surface area (Å²) < 4.78 is 5.94. The third-order valence-corrected chi connectivity index (χ3v) is 5.36. The summed E-state index contributed by atoms with van der Waals surface area (Å²) in [7, 11) is 1.54. The molecule has 7 heteroatoms. The first-order chi connectivity index (χ1) is 14.5. The number of halogens is 1. The number of Topliss-reactive ketones (excluding diaryl/α,β-unsaturated/α-hetero) is 1. The number of carbonyl (C=O) groups excluding carboxylic acids is 2. The molecule has 1 amide bonds. The van der Waals surface area contributed by atoms with Crippen LogP contribution in [0.2, 0.25) is 0 Å². The van der Waals surface area contributed by atoms with Crippen molar-refractivity contribution in [3.63, 3.8) is 0 Å². The number of benzene rings is 2. The number of ketones is 1. The van der Waals surface area contributed by atoms with Gasteiger partial charge in [-0.3, -0.25) is 14.5 Å². The number of rotatable bonds is 4. The average Bonchev–Trinajstić information content (AvgIpc) is 3.04. The lowest BCUT2D eigenvalue weighted by molar-refractivity contribution is -0.132. The summed E-state index contributed by atoms with van der Waals surface area (Å²) in [5, 5.41) is 11.0. The molecule has 1 fully saturated rings. The zero-order valence-corrected chi connectivity index (χ0v) is 17.5. The van der Waals surface area contributed by atoms with Crippen LogP contribution in [0.3, 0.4) is 0 Å². The highest BCUT2D eigenvalue weighted by Gasteiger charge is 2.47. The summed E-state index contributed by atoms with van der Waals surface area (Å²) in [6, 6.07) is 18.2. The number of aliphatic hydroxyl groups is 1. The number of aromatic nitrogens is 1. The Bertz CT molecular complexity index is 1140. The van der Waals surface area contributed by atoms with Gasteiger partial charge < -0.3 is 9.84 Å². The first kappa shape index (κ1) is 19.8. The Hall–Kier alpha value is -3.45. The molecular formula is C23H17BrN2O4. The second-order valence-corrected chi connectivity index (χ2v) is 7.56. The first-order valence-electron chi connectivity index (χ1n) is 9.13. The maximum atomic E-state index is 13.0. The van der Waals surface area contributed by atoms with E-state index in [0.29, 0.717) is 22.7 Å². The Morgan fingerprint density at radius 3 is 2.47 bits per heavy atom. The van der Waals surface area contributed by atoms with E-state index in [-0.39, 0.29) is 11.3 Å². The number of hydrogen-bond donors (Lipinski definition) is 1. The van der Waals surface area contributed by atoms with Crippen molar-refractivity contribution in [2.24, 2.45) is 0 Å². The third-order valence-electron chi connectivity index (χ3n) is 4.87. The molecule has 3 aromatic rings. The standard InChI is InChI=1S/C23H17BrN2O4/c1-30-17-10-8-14(9-11-17)21(27)19-20(15-5-4-6-16(24)13-15)26(23(29)22(19)28)18-7-2-3-12-25-18/h2-13,20,27H,1H3/t20-/m0/s1. The predicted molar refractivity (Wildman–Crippen MR) is 116 cm³/mol. The SMILES string of the molecule is COc1ccc(C(O)=C2C(=O)C(=O)N(c3ccccn3)[C@H]2c2cccc(Br)c2)cc1. The average molecular weight is 465 g/mol. The number of carbonyl (C=O) groups is 2. The highest BCUT2D eigenvalue weighted by Crippen LogP contribution is 2.42. The summed E-state index contributed by atoms with van der Waals surface area (Å²) in [5.74, 6) is -0.811. The molecule has 1 N–H and O–H groups in total. The molecule has 0 spiro atoms. The molecule has 30 heavy (non-hydrogen) atoms. The van der Waals surface area contributed by atoms with Gasteiger partial charge in [-0.25, -0.2) is 4.98 Å². The third kappa shape index (κ3) is 3.48. The van der Waals surface area contributed by atoms with E-state index < -0.39 is 17.7 Å². The Balaban J connectivity index is 1.93. The van der Waals surface area contributed by atoms with Gasteiger partial charge in [0.1, 0.15) is 17.3 Å². The maximum Gasteiger partial charge on any atom is 0.301 e. The molecule has 6 nitrogen and oxygen atoms in total. The number of hydrogen-bond acceptors (Lipinski definition) is 5. The van der Waals surface area contributed by atoms with Crippen molar-refractivity contribution in [1.82, 2.24) is 4.98 Å². The lowest BCUT2D eigenvalue weighted by Crippen LogP contribution is -2.30. The van der Waals surface area contributed by atoms with Gasteiger partial charge in [0.25, 0.3) is 5.78 Å². The highest BCUT2D eigenvalue weighted by atomic mass is 79.9. The molecule has 2 aromatic carbocycles. The van der Waals surface area contributed by atoms with Crippen LogP contribution in [0.25, 0.3) is 5.76 Å². The van der Waals surface area contributed by atoms with E-state index >= 15 is 0 Å². The minimum absolute atomic E-state index is 0.00826. The Morgan fingerprint density at radius 1 is 1.07 bits per heavy atom. The molecule has 0 aliphatic carbocycles. The van der Waals surface area contributed by atoms with Crippen LogP contribution in [0.1, 0.15) is 17.2 Å². The predicted octanol–water partition coefficient (Wildman–Crippen LogP) is 4.48. The number of ether oxygens (including phenoxy) is 1. The minimum Gasteiger partial charge on any atom is -0.507 e. The van der Waals surface area contributed by atoms with Crippen LogP contribution >= 0.6 is 15.9 Å². The normalized spacial score (nSPS) is 17.9. The van der Waals surface area contributed by atoms with Crippen molar-refractivity contribution in [2.45, 2.75) is 6.04 Å². The molecule has 0 unspecified atom stereocenters. The molecule has 150 valence electrons. The summed E-state index contributed by atoms with van der Waals surface area (Å²) in [5.41, 5.74) is 1.09. The van der Waals surface area contributed by atoms with E-state index in [2.05, 4.69) is 20.9 Å². The number of anilines is 1. The van der Waals surface area contributed by atoms with Crippen LogP contribution in [0.15, 0.2) is 83.0 Å². The number of amides is 1. The van der Waals surface area contributed by atoms with Gasteiger partial charge in [-0.2, -0.15) is 0 Å². The summed E-state index contributed by atoms with van der Waals surface area (Å²) in [6.07, 6.45) is 1.55. The van der Waals surface area contributed by atoms with E-state index in [1.165, 1.54) is 4.90 Å². The Labute approximate surface area is 181 Å². The second kappa shape index (κ2) is 8.12. The Morgan fingerprint density at radius 2 is 1.83 bits per heavy atom. The van der Waals surface area contributed by atoms with Crippen molar-refractivity contribution >= 4 is 39.2 Å². The highest BCUT2D eigenvalue weighted by molar-refractivity contribution is 9.10. The van der Waals surface area contributed by atoms with Gasteiger partial charge in [0.05, 0.1) is 18.7 Å². The van der Waals surface area contributed by atoms with Crippen molar-refractivity contribution in [3.8, 4) is 5.75 Å². The van der Waals surface area contributed by atoms with Gasteiger partial charge in [-0.1, -0.05) is 34.1 Å². The molecule has 1 aliphatic heterocycles. The number of pyridine rings is 1. The van der Waals surface area contributed by atoms with E-state index in [9.17, 15) is 14.7 Å². The monoisotopic (exact) mass is 464 g/mol.